The van der Waals surface area contributed by atoms with Gasteiger partial charge in [-0.1, -0.05) is 42.5 Å². The molecule has 5 aromatic rings. The molecule has 0 saturated heterocycles. The standard InChI is InChI=1S/C30H27F2N3O3S/c1-2-14-30(31,32)26-18-29(36)35-28-12-9-21(17-25(26)28)16-20-7-10-23(11-8-20)39(37,38)34-15-13-22-19-33-27-6-4-3-5-24(22)27/h2-12,14,17-19,33-34H,13,15-16H2,1H3,(H,35,36)/b14-2+. The third-order valence-electron chi connectivity index (χ3n) is 6.65. The number of aromatic nitrogens is 2. The summed E-state index contributed by atoms with van der Waals surface area (Å²) in [5.41, 5.74) is 2.98. The zero-order valence-corrected chi connectivity index (χ0v) is 22.0. The average Bonchev–Trinajstić information content (AvgIpc) is 3.32. The molecule has 3 aromatic carbocycles. The monoisotopic (exact) mass is 547 g/mol. The van der Waals surface area contributed by atoms with Gasteiger partial charge in [0.25, 0.3) is 5.92 Å². The fourth-order valence-corrected chi connectivity index (χ4v) is 5.78. The van der Waals surface area contributed by atoms with Crippen molar-refractivity contribution in [1.29, 1.82) is 0 Å². The summed E-state index contributed by atoms with van der Waals surface area (Å²) in [5, 5.41) is 1.33. The topological polar surface area (TPSA) is 94.8 Å². The SMILES string of the molecule is C/C=C/C(F)(F)c1cc(=O)[nH]c2ccc(Cc3ccc(S(=O)(=O)NCCc4c[nH]c5ccccc45)cc3)cc12. The number of alkyl halides is 2. The number of aromatic amines is 2. The van der Waals surface area contributed by atoms with Gasteiger partial charge in [-0.2, -0.15) is 8.78 Å². The van der Waals surface area contributed by atoms with Gasteiger partial charge in [-0.3, -0.25) is 4.79 Å². The number of halogens is 2. The van der Waals surface area contributed by atoms with E-state index < -0.39 is 21.5 Å². The third-order valence-corrected chi connectivity index (χ3v) is 8.12. The van der Waals surface area contributed by atoms with Crippen molar-refractivity contribution in [1.82, 2.24) is 14.7 Å². The quantitative estimate of drug-likeness (QED) is 0.204. The van der Waals surface area contributed by atoms with Crippen LogP contribution in [-0.4, -0.2) is 24.9 Å². The summed E-state index contributed by atoms with van der Waals surface area (Å²) in [6, 6.07) is 20.3. The van der Waals surface area contributed by atoms with Crippen LogP contribution < -0.4 is 10.3 Å². The Hall–Kier alpha value is -4.08. The first-order valence-corrected chi connectivity index (χ1v) is 14.0. The van der Waals surface area contributed by atoms with E-state index in [1.165, 1.54) is 25.1 Å². The molecule has 0 aliphatic carbocycles. The van der Waals surface area contributed by atoms with Crippen LogP contribution in [0, 0.1) is 0 Å². The highest BCUT2D eigenvalue weighted by molar-refractivity contribution is 7.89. The van der Waals surface area contributed by atoms with Crippen molar-refractivity contribution in [3.8, 4) is 0 Å². The zero-order chi connectivity index (χ0) is 27.6. The van der Waals surface area contributed by atoms with Crippen LogP contribution in [-0.2, 0) is 28.8 Å². The van der Waals surface area contributed by atoms with Gasteiger partial charge < -0.3 is 9.97 Å². The summed E-state index contributed by atoms with van der Waals surface area (Å²) in [4.78, 5) is 17.9. The molecule has 6 nitrogen and oxygen atoms in total. The number of fused-ring (bicyclic) bond motifs is 2. The van der Waals surface area contributed by atoms with Crippen LogP contribution in [0.5, 0.6) is 0 Å². The first-order valence-electron chi connectivity index (χ1n) is 12.5. The number of sulfonamides is 1. The minimum Gasteiger partial charge on any atom is -0.361 e. The highest BCUT2D eigenvalue weighted by atomic mass is 32.2. The number of pyridine rings is 1. The van der Waals surface area contributed by atoms with Gasteiger partial charge in [0.2, 0.25) is 15.6 Å². The maximum absolute atomic E-state index is 14.7. The van der Waals surface area contributed by atoms with Gasteiger partial charge in [0, 0.05) is 46.2 Å². The smallest absolute Gasteiger partial charge is 0.292 e. The lowest BCUT2D eigenvalue weighted by molar-refractivity contribution is 0.0535. The van der Waals surface area contributed by atoms with Crippen LogP contribution in [0.2, 0.25) is 0 Å². The first-order chi connectivity index (χ1) is 18.7. The van der Waals surface area contributed by atoms with Crippen molar-refractivity contribution < 1.29 is 17.2 Å². The lowest BCUT2D eigenvalue weighted by Gasteiger charge is -2.15. The van der Waals surface area contributed by atoms with Gasteiger partial charge in [0.05, 0.1) is 4.90 Å². The molecule has 0 saturated carbocycles. The minimum atomic E-state index is -3.70. The van der Waals surface area contributed by atoms with Crippen molar-refractivity contribution in [2.24, 2.45) is 0 Å². The maximum Gasteiger partial charge on any atom is 0.292 e. The summed E-state index contributed by atoms with van der Waals surface area (Å²) in [5.74, 6) is -3.29. The van der Waals surface area contributed by atoms with E-state index in [-0.39, 0.29) is 22.4 Å². The normalized spacial score (nSPS) is 12.6. The Balaban J connectivity index is 1.30. The van der Waals surface area contributed by atoms with Crippen LogP contribution in [0.1, 0.15) is 29.2 Å². The number of nitrogens with one attached hydrogen (secondary N) is 3. The number of H-pyrrole nitrogens is 2. The molecule has 0 aliphatic rings. The Morgan fingerprint density at radius 1 is 0.923 bits per heavy atom. The molecule has 2 aromatic heterocycles. The fourth-order valence-electron chi connectivity index (χ4n) is 4.75. The zero-order valence-electron chi connectivity index (χ0n) is 21.2. The predicted octanol–water partition coefficient (Wildman–Crippen LogP) is 5.79. The van der Waals surface area contributed by atoms with Crippen molar-refractivity contribution in [2.75, 3.05) is 6.54 Å². The molecular weight excluding hydrogens is 520 g/mol. The lowest BCUT2D eigenvalue weighted by Crippen LogP contribution is -2.25. The predicted molar refractivity (Wildman–Crippen MR) is 150 cm³/mol. The number of allylic oxidation sites excluding steroid dienone is 2. The Morgan fingerprint density at radius 3 is 2.44 bits per heavy atom. The van der Waals surface area contributed by atoms with Crippen LogP contribution >= 0.6 is 0 Å². The molecule has 0 amide bonds. The lowest BCUT2D eigenvalue weighted by atomic mass is 9.98. The first kappa shape index (κ1) is 26.5. The van der Waals surface area contributed by atoms with Gasteiger partial charge in [0.1, 0.15) is 0 Å². The van der Waals surface area contributed by atoms with Gasteiger partial charge in [-0.15, -0.1) is 0 Å². The highest BCUT2D eigenvalue weighted by Crippen LogP contribution is 2.34. The van der Waals surface area contributed by atoms with Crippen LogP contribution in [0.15, 0.2) is 101 Å². The fraction of sp³-hybridized carbons (Fsp3) is 0.167. The highest BCUT2D eigenvalue weighted by Gasteiger charge is 2.30. The van der Waals surface area contributed by atoms with E-state index in [0.717, 1.165) is 39.7 Å². The van der Waals surface area contributed by atoms with E-state index in [4.69, 9.17) is 0 Å². The molecule has 2 heterocycles. The summed E-state index contributed by atoms with van der Waals surface area (Å²) >= 11 is 0. The van der Waals surface area contributed by atoms with E-state index in [1.807, 2.05) is 30.5 Å². The van der Waals surface area contributed by atoms with E-state index in [2.05, 4.69) is 14.7 Å². The van der Waals surface area contributed by atoms with E-state index in [1.54, 1.807) is 30.3 Å². The molecule has 0 aliphatic heterocycles. The summed E-state index contributed by atoms with van der Waals surface area (Å²) in [7, 11) is -3.70. The Kier molecular flexibility index (Phi) is 7.20. The number of benzene rings is 3. The molecule has 200 valence electrons. The molecule has 0 atom stereocenters. The minimum absolute atomic E-state index is 0.148. The molecule has 0 unspecified atom stereocenters. The van der Waals surface area contributed by atoms with Gasteiger partial charge in [-0.05, 0) is 72.9 Å². The van der Waals surface area contributed by atoms with Gasteiger partial charge >= 0.3 is 0 Å². The Bertz CT molecular complexity index is 1840. The maximum atomic E-state index is 14.7. The third kappa shape index (κ3) is 5.69. The number of hydrogen-bond donors (Lipinski definition) is 3. The Labute approximate surface area is 224 Å². The van der Waals surface area contributed by atoms with Crippen LogP contribution in [0.3, 0.4) is 0 Å². The van der Waals surface area contributed by atoms with Crippen LogP contribution in [0.25, 0.3) is 21.8 Å². The van der Waals surface area contributed by atoms with Gasteiger partial charge in [-0.25, -0.2) is 13.1 Å². The van der Waals surface area contributed by atoms with Gasteiger partial charge in [0.15, 0.2) is 0 Å². The molecule has 0 fully saturated rings. The molecular formula is C30H27F2N3O3S. The van der Waals surface area contributed by atoms with E-state index in [9.17, 15) is 22.0 Å². The second-order valence-electron chi connectivity index (χ2n) is 9.38. The number of para-hydroxylation sites is 1. The number of hydrogen-bond acceptors (Lipinski definition) is 3. The molecule has 0 bridgehead atoms. The summed E-state index contributed by atoms with van der Waals surface area (Å²) in [6.45, 7) is 1.75. The molecule has 0 radical (unpaired) electrons. The molecule has 5 rings (SSSR count). The van der Waals surface area contributed by atoms with Crippen molar-refractivity contribution in [2.45, 2.75) is 30.6 Å². The summed E-state index contributed by atoms with van der Waals surface area (Å²) in [6.07, 6.45) is 4.86. The largest absolute Gasteiger partial charge is 0.361 e. The van der Waals surface area contributed by atoms with E-state index in [0.29, 0.717) is 18.4 Å². The van der Waals surface area contributed by atoms with Crippen molar-refractivity contribution in [3.63, 3.8) is 0 Å². The molecule has 39 heavy (non-hydrogen) atoms. The second-order valence-corrected chi connectivity index (χ2v) is 11.1. The van der Waals surface area contributed by atoms with Crippen LogP contribution in [0.4, 0.5) is 8.78 Å². The van der Waals surface area contributed by atoms with E-state index >= 15 is 0 Å². The Morgan fingerprint density at radius 2 is 1.67 bits per heavy atom. The molecule has 0 spiro atoms. The number of rotatable bonds is 9. The summed E-state index contributed by atoms with van der Waals surface area (Å²) < 4.78 is 57.7. The average molecular weight is 548 g/mol. The molecule has 9 heteroatoms. The second kappa shape index (κ2) is 10.6. The van der Waals surface area contributed by atoms with Crippen molar-refractivity contribution >= 4 is 31.8 Å². The molecule has 3 N–H and O–H groups in total. The van der Waals surface area contributed by atoms with Crippen molar-refractivity contribution in [3.05, 3.63) is 124 Å².